The van der Waals surface area contributed by atoms with Crippen LogP contribution in [-0.2, 0) is 11.3 Å². The highest BCUT2D eigenvalue weighted by Crippen LogP contribution is 2.14. The lowest BCUT2D eigenvalue weighted by molar-refractivity contribution is -0.124. The number of nitrogens with zero attached hydrogens (tertiary/aromatic N) is 2. The molecule has 0 fully saturated rings. The monoisotopic (exact) mass is 477 g/mol. The van der Waals surface area contributed by atoms with Gasteiger partial charge in [0.2, 0.25) is 0 Å². The topological polar surface area (TPSA) is 122 Å². The maximum absolute atomic E-state index is 13.0. The van der Waals surface area contributed by atoms with Gasteiger partial charge in [0, 0.05) is 17.5 Å². The van der Waals surface area contributed by atoms with Gasteiger partial charge < -0.3 is 5.32 Å². The van der Waals surface area contributed by atoms with Crippen LogP contribution < -0.4 is 21.7 Å². The van der Waals surface area contributed by atoms with Crippen LogP contribution in [0.1, 0.15) is 60.0 Å². The van der Waals surface area contributed by atoms with Crippen LogP contribution in [0, 0.1) is 12.8 Å². The lowest BCUT2D eigenvalue weighted by Gasteiger charge is -2.21. The first-order valence-corrected chi connectivity index (χ1v) is 11.7. The Bertz CT molecular complexity index is 1300. The first kappa shape index (κ1) is 25.6. The van der Waals surface area contributed by atoms with Gasteiger partial charge in [0.1, 0.15) is 6.04 Å². The summed E-state index contributed by atoms with van der Waals surface area (Å²) >= 11 is 0. The van der Waals surface area contributed by atoms with Crippen molar-refractivity contribution < 1.29 is 14.4 Å². The van der Waals surface area contributed by atoms with Gasteiger partial charge in [0.15, 0.2) is 5.69 Å². The standard InChI is InChI=1S/C26H31N5O4/c1-5-14-31-26(35)20-13-9-8-12-19(20)22(30-31)25(34)29-28-24(33)21(15-16(2)3)27-23(32)18-11-7-6-10-17(18)4/h6-13,16,21H,5,14-15H2,1-4H3,(H,27,32)(H,28,33)(H,29,34). The second kappa shape index (κ2) is 11.4. The van der Waals surface area contributed by atoms with Crippen LogP contribution in [-0.4, -0.2) is 33.5 Å². The fourth-order valence-electron chi connectivity index (χ4n) is 3.80. The summed E-state index contributed by atoms with van der Waals surface area (Å²) in [5.74, 6) is -1.47. The Morgan fingerprint density at radius 2 is 1.60 bits per heavy atom. The minimum Gasteiger partial charge on any atom is -0.340 e. The molecule has 9 nitrogen and oxygen atoms in total. The molecule has 3 rings (SSSR count). The fraction of sp³-hybridized carbons (Fsp3) is 0.346. The van der Waals surface area contributed by atoms with Crippen molar-refractivity contribution in [1.29, 1.82) is 0 Å². The molecule has 3 amide bonds. The predicted octanol–water partition coefficient (Wildman–Crippen LogP) is 2.72. The summed E-state index contributed by atoms with van der Waals surface area (Å²) in [5.41, 5.74) is 5.82. The number of hydrazine groups is 1. The molecule has 0 spiro atoms. The van der Waals surface area contributed by atoms with Gasteiger partial charge in [0.05, 0.1) is 5.39 Å². The number of rotatable bonds is 8. The van der Waals surface area contributed by atoms with E-state index >= 15 is 0 Å². The summed E-state index contributed by atoms with van der Waals surface area (Å²) in [7, 11) is 0. The van der Waals surface area contributed by atoms with Crippen LogP contribution in [0.2, 0.25) is 0 Å². The molecular weight excluding hydrogens is 446 g/mol. The number of hydrogen-bond acceptors (Lipinski definition) is 5. The number of hydrogen-bond donors (Lipinski definition) is 3. The van der Waals surface area contributed by atoms with Gasteiger partial charge in [-0.1, -0.05) is 57.2 Å². The number of fused-ring (bicyclic) bond motifs is 1. The Labute approximate surface area is 203 Å². The molecule has 9 heteroatoms. The zero-order chi connectivity index (χ0) is 25.5. The Morgan fingerprint density at radius 1 is 0.943 bits per heavy atom. The normalized spacial score (nSPS) is 11.8. The van der Waals surface area contributed by atoms with Gasteiger partial charge in [-0.15, -0.1) is 0 Å². The van der Waals surface area contributed by atoms with E-state index in [0.717, 1.165) is 5.56 Å². The number of carbonyl (C=O) groups is 3. The van der Waals surface area contributed by atoms with E-state index in [1.165, 1.54) is 4.68 Å². The Balaban J connectivity index is 1.78. The first-order chi connectivity index (χ1) is 16.7. The van der Waals surface area contributed by atoms with Gasteiger partial charge in [0.25, 0.3) is 23.3 Å². The molecule has 2 aromatic carbocycles. The van der Waals surface area contributed by atoms with Crippen LogP contribution in [0.3, 0.4) is 0 Å². The lowest BCUT2D eigenvalue weighted by atomic mass is 10.0. The first-order valence-electron chi connectivity index (χ1n) is 11.7. The van der Waals surface area contributed by atoms with Gasteiger partial charge in [-0.2, -0.15) is 5.10 Å². The molecule has 0 aliphatic carbocycles. The highest BCUT2D eigenvalue weighted by Gasteiger charge is 2.24. The molecule has 3 N–H and O–H groups in total. The molecular formula is C26H31N5O4. The van der Waals surface area contributed by atoms with Crippen molar-refractivity contribution in [2.75, 3.05) is 0 Å². The van der Waals surface area contributed by atoms with E-state index in [1.54, 1.807) is 36.4 Å². The van der Waals surface area contributed by atoms with Crippen molar-refractivity contribution in [1.82, 2.24) is 25.9 Å². The van der Waals surface area contributed by atoms with Gasteiger partial charge >= 0.3 is 0 Å². The Kier molecular flexibility index (Phi) is 8.35. The summed E-state index contributed by atoms with van der Waals surface area (Å²) in [5, 5.41) is 7.76. The second-order valence-electron chi connectivity index (χ2n) is 8.84. The molecule has 1 unspecified atom stereocenters. The largest absolute Gasteiger partial charge is 0.340 e. The highest BCUT2D eigenvalue weighted by atomic mass is 16.2. The van der Waals surface area contributed by atoms with E-state index in [0.29, 0.717) is 35.7 Å². The third-order valence-corrected chi connectivity index (χ3v) is 5.54. The van der Waals surface area contributed by atoms with E-state index in [-0.39, 0.29) is 23.1 Å². The van der Waals surface area contributed by atoms with Crippen LogP contribution in [0.5, 0.6) is 0 Å². The van der Waals surface area contributed by atoms with Crippen LogP contribution in [0.4, 0.5) is 0 Å². The molecule has 0 aliphatic rings. The van der Waals surface area contributed by atoms with Crippen LogP contribution in [0.25, 0.3) is 10.8 Å². The molecule has 0 saturated heterocycles. The number of carbonyl (C=O) groups excluding carboxylic acids is 3. The van der Waals surface area contributed by atoms with Gasteiger partial charge in [-0.05, 0) is 43.4 Å². The Morgan fingerprint density at radius 3 is 2.26 bits per heavy atom. The summed E-state index contributed by atoms with van der Waals surface area (Å²) in [6.07, 6.45) is 1.04. The SMILES string of the molecule is CCCn1nc(C(=O)NNC(=O)C(CC(C)C)NC(=O)c2ccccc2C)c2ccccc2c1=O. The summed E-state index contributed by atoms with van der Waals surface area (Å²) in [6, 6.07) is 13.0. The van der Waals surface area contributed by atoms with Crippen LogP contribution in [0.15, 0.2) is 53.3 Å². The third kappa shape index (κ3) is 6.11. The van der Waals surface area contributed by atoms with Gasteiger partial charge in [-0.3, -0.25) is 30.0 Å². The van der Waals surface area contributed by atoms with E-state index < -0.39 is 17.9 Å². The molecule has 35 heavy (non-hydrogen) atoms. The van der Waals surface area contributed by atoms with Gasteiger partial charge in [-0.25, -0.2) is 4.68 Å². The molecule has 0 bridgehead atoms. The third-order valence-electron chi connectivity index (χ3n) is 5.54. The second-order valence-corrected chi connectivity index (χ2v) is 8.84. The van der Waals surface area contributed by atoms with Crippen LogP contribution >= 0.6 is 0 Å². The molecule has 3 aromatic rings. The van der Waals surface area contributed by atoms with Crippen molar-refractivity contribution in [3.63, 3.8) is 0 Å². The van der Waals surface area contributed by atoms with E-state index in [4.69, 9.17) is 0 Å². The van der Waals surface area contributed by atoms with E-state index in [9.17, 15) is 19.2 Å². The van der Waals surface area contributed by atoms with Crippen molar-refractivity contribution in [2.24, 2.45) is 5.92 Å². The van der Waals surface area contributed by atoms with Crippen molar-refractivity contribution >= 4 is 28.5 Å². The van der Waals surface area contributed by atoms with Crippen molar-refractivity contribution in [3.05, 3.63) is 75.7 Å². The smallest absolute Gasteiger partial charge is 0.290 e. The molecule has 1 aromatic heterocycles. The van der Waals surface area contributed by atoms with Crippen molar-refractivity contribution in [2.45, 2.75) is 53.1 Å². The highest BCUT2D eigenvalue weighted by molar-refractivity contribution is 6.05. The summed E-state index contributed by atoms with van der Waals surface area (Å²) in [4.78, 5) is 51.3. The average molecular weight is 478 g/mol. The number of aryl methyl sites for hydroxylation is 2. The maximum Gasteiger partial charge on any atom is 0.290 e. The summed E-state index contributed by atoms with van der Waals surface area (Å²) < 4.78 is 1.25. The minimum absolute atomic E-state index is 0.0262. The molecule has 1 atom stereocenters. The quantitative estimate of drug-likeness (QED) is 0.431. The van der Waals surface area contributed by atoms with E-state index in [2.05, 4.69) is 21.3 Å². The number of nitrogens with one attached hydrogen (secondary N) is 3. The maximum atomic E-state index is 13.0. The number of aromatic nitrogens is 2. The number of benzene rings is 2. The zero-order valence-electron chi connectivity index (χ0n) is 20.4. The average Bonchev–Trinajstić information content (AvgIpc) is 2.83. The molecule has 0 saturated carbocycles. The fourth-order valence-corrected chi connectivity index (χ4v) is 3.80. The molecule has 0 radical (unpaired) electrons. The van der Waals surface area contributed by atoms with Crippen molar-refractivity contribution in [3.8, 4) is 0 Å². The zero-order valence-corrected chi connectivity index (χ0v) is 20.4. The lowest BCUT2D eigenvalue weighted by Crippen LogP contribution is -2.53. The predicted molar refractivity (Wildman–Crippen MR) is 134 cm³/mol. The summed E-state index contributed by atoms with van der Waals surface area (Å²) in [6.45, 7) is 7.96. The molecule has 0 aliphatic heterocycles. The molecule has 184 valence electrons. The van der Waals surface area contributed by atoms with E-state index in [1.807, 2.05) is 39.8 Å². The Hall–Kier alpha value is -4.01. The molecule has 1 heterocycles. The number of amides is 3. The minimum atomic E-state index is -0.860.